The number of carboxylic acids is 1. The molecule has 4 N–H and O–H groups in total. The van der Waals surface area contributed by atoms with Gasteiger partial charge in [-0.25, -0.2) is 4.79 Å². The van der Waals surface area contributed by atoms with Crippen molar-refractivity contribution in [1.29, 1.82) is 0 Å². The molecule has 1 aliphatic rings. The number of amides is 2. The van der Waals surface area contributed by atoms with Crippen molar-refractivity contribution in [3.05, 3.63) is 0 Å². The van der Waals surface area contributed by atoms with Gasteiger partial charge in [0.15, 0.2) is 0 Å². The summed E-state index contributed by atoms with van der Waals surface area (Å²) in [6.07, 6.45) is 1.86. The molecule has 0 radical (unpaired) electrons. The highest BCUT2D eigenvalue weighted by Crippen LogP contribution is 2.17. The zero-order valence-corrected chi connectivity index (χ0v) is 12.5. The molecule has 0 aliphatic carbocycles. The molecule has 116 valence electrons. The first-order valence-corrected chi connectivity index (χ1v) is 7.37. The second kappa shape index (κ2) is 8.09. The van der Waals surface area contributed by atoms with Gasteiger partial charge in [0.25, 0.3) is 0 Å². The van der Waals surface area contributed by atoms with Gasteiger partial charge in [-0.05, 0) is 37.1 Å². The summed E-state index contributed by atoms with van der Waals surface area (Å²) in [6.45, 7) is 6.59. The Kier molecular flexibility index (Phi) is 6.78. The van der Waals surface area contributed by atoms with Gasteiger partial charge < -0.3 is 21.1 Å². The van der Waals surface area contributed by atoms with E-state index in [4.69, 9.17) is 10.8 Å². The number of carbonyl (C=O) groups is 2. The van der Waals surface area contributed by atoms with E-state index in [9.17, 15) is 9.59 Å². The zero-order chi connectivity index (χ0) is 15.1. The lowest BCUT2D eigenvalue weighted by Crippen LogP contribution is -2.41. The second-order valence-electron chi connectivity index (χ2n) is 6.12. The molecule has 0 aromatic carbocycles. The van der Waals surface area contributed by atoms with E-state index < -0.39 is 5.97 Å². The molecule has 0 aromatic heterocycles. The van der Waals surface area contributed by atoms with E-state index in [1.54, 1.807) is 4.90 Å². The second-order valence-corrected chi connectivity index (χ2v) is 6.12. The molecular formula is C14H27N3O3. The fourth-order valence-electron chi connectivity index (χ4n) is 2.71. The predicted octanol–water partition coefficient (Wildman–Crippen LogP) is 1.11. The monoisotopic (exact) mass is 285 g/mol. The summed E-state index contributed by atoms with van der Waals surface area (Å²) in [5, 5.41) is 11.8. The number of rotatable bonds is 7. The maximum absolute atomic E-state index is 12.0. The summed E-state index contributed by atoms with van der Waals surface area (Å²) in [5.74, 6) is -0.00508. The fourth-order valence-corrected chi connectivity index (χ4v) is 2.71. The van der Waals surface area contributed by atoms with Crippen LogP contribution in [-0.2, 0) is 4.79 Å². The molecule has 1 saturated heterocycles. The van der Waals surface area contributed by atoms with Crippen molar-refractivity contribution < 1.29 is 14.7 Å². The molecular weight excluding hydrogens is 258 g/mol. The van der Waals surface area contributed by atoms with Crippen LogP contribution in [0.15, 0.2) is 0 Å². The third kappa shape index (κ3) is 5.77. The first-order chi connectivity index (χ1) is 9.42. The Morgan fingerprint density at radius 3 is 2.65 bits per heavy atom. The summed E-state index contributed by atoms with van der Waals surface area (Å²) >= 11 is 0. The number of nitrogens with one attached hydrogen (secondary N) is 1. The minimum absolute atomic E-state index is 0.00985. The molecule has 2 atom stereocenters. The SMILES string of the molecule is CC(C)CC(CNC(=O)N1CCC(CN)C1)CC(=O)O. The van der Waals surface area contributed by atoms with Gasteiger partial charge in [0.05, 0.1) is 0 Å². The van der Waals surface area contributed by atoms with Crippen LogP contribution < -0.4 is 11.1 Å². The quantitative estimate of drug-likeness (QED) is 0.653. The van der Waals surface area contributed by atoms with Crippen molar-refractivity contribution in [2.75, 3.05) is 26.2 Å². The summed E-state index contributed by atoms with van der Waals surface area (Å²) in [6, 6.07) is -0.0971. The van der Waals surface area contributed by atoms with Gasteiger partial charge in [-0.15, -0.1) is 0 Å². The smallest absolute Gasteiger partial charge is 0.317 e. The van der Waals surface area contributed by atoms with Gasteiger partial charge in [-0.1, -0.05) is 13.8 Å². The zero-order valence-electron chi connectivity index (χ0n) is 12.5. The highest BCUT2D eigenvalue weighted by Gasteiger charge is 2.25. The number of nitrogens with zero attached hydrogens (tertiary/aromatic N) is 1. The third-order valence-electron chi connectivity index (χ3n) is 3.72. The number of hydrogen-bond acceptors (Lipinski definition) is 3. The van der Waals surface area contributed by atoms with Gasteiger partial charge in [-0.2, -0.15) is 0 Å². The van der Waals surface area contributed by atoms with E-state index in [0.717, 1.165) is 19.4 Å². The minimum atomic E-state index is -0.811. The standard InChI is InChI=1S/C14H27N3O3/c1-10(2)5-12(6-13(18)19)8-16-14(20)17-4-3-11(7-15)9-17/h10-12H,3-9,15H2,1-2H3,(H,16,20)(H,18,19). The first-order valence-electron chi connectivity index (χ1n) is 7.37. The molecule has 1 rings (SSSR count). The van der Waals surface area contributed by atoms with Crippen LogP contribution >= 0.6 is 0 Å². The molecule has 1 heterocycles. The largest absolute Gasteiger partial charge is 0.481 e. The Labute approximate surface area is 120 Å². The van der Waals surface area contributed by atoms with Crippen LogP contribution in [0.4, 0.5) is 4.79 Å². The number of aliphatic carboxylic acids is 1. The molecule has 2 amide bonds. The normalized spacial score (nSPS) is 20.2. The Balaban J connectivity index is 2.38. The van der Waals surface area contributed by atoms with Crippen molar-refractivity contribution in [3.63, 3.8) is 0 Å². The van der Waals surface area contributed by atoms with Crippen molar-refractivity contribution in [2.24, 2.45) is 23.5 Å². The van der Waals surface area contributed by atoms with Gasteiger partial charge in [0, 0.05) is 26.1 Å². The van der Waals surface area contributed by atoms with Crippen LogP contribution in [0.25, 0.3) is 0 Å². The third-order valence-corrected chi connectivity index (χ3v) is 3.72. The van der Waals surface area contributed by atoms with E-state index in [2.05, 4.69) is 19.2 Å². The molecule has 1 fully saturated rings. The van der Waals surface area contributed by atoms with Crippen molar-refractivity contribution in [2.45, 2.75) is 33.1 Å². The Bertz CT molecular complexity index is 334. The molecule has 2 unspecified atom stereocenters. The van der Waals surface area contributed by atoms with E-state index >= 15 is 0 Å². The van der Waals surface area contributed by atoms with Crippen molar-refractivity contribution in [3.8, 4) is 0 Å². The van der Waals surface area contributed by atoms with Gasteiger partial charge in [0.1, 0.15) is 0 Å². The number of hydrogen-bond donors (Lipinski definition) is 3. The van der Waals surface area contributed by atoms with Crippen LogP contribution in [0, 0.1) is 17.8 Å². The average Bonchev–Trinajstić information content (AvgIpc) is 2.83. The molecule has 0 bridgehead atoms. The van der Waals surface area contributed by atoms with Crippen LogP contribution in [-0.4, -0.2) is 48.2 Å². The first kappa shape index (κ1) is 16.8. The molecule has 0 aromatic rings. The van der Waals surface area contributed by atoms with Gasteiger partial charge in [-0.3, -0.25) is 4.79 Å². The van der Waals surface area contributed by atoms with Crippen molar-refractivity contribution >= 4 is 12.0 Å². The molecule has 6 nitrogen and oxygen atoms in total. The lowest BCUT2D eigenvalue weighted by Gasteiger charge is -2.21. The number of likely N-dealkylation sites (tertiary alicyclic amines) is 1. The fraction of sp³-hybridized carbons (Fsp3) is 0.857. The Morgan fingerprint density at radius 1 is 1.45 bits per heavy atom. The van der Waals surface area contributed by atoms with Crippen LogP contribution in [0.2, 0.25) is 0 Å². The highest BCUT2D eigenvalue weighted by molar-refractivity contribution is 5.74. The van der Waals surface area contributed by atoms with Gasteiger partial charge >= 0.3 is 12.0 Å². The number of urea groups is 1. The molecule has 20 heavy (non-hydrogen) atoms. The molecule has 0 spiro atoms. The Hall–Kier alpha value is -1.30. The summed E-state index contributed by atoms with van der Waals surface area (Å²) in [4.78, 5) is 24.6. The average molecular weight is 285 g/mol. The molecule has 6 heteroatoms. The molecule has 1 aliphatic heterocycles. The number of carboxylic acid groups (broad SMARTS) is 1. The summed E-state index contributed by atoms with van der Waals surface area (Å²) in [5.41, 5.74) is 5.60. The predicted molar refractivity (Wildman–Crippen MR) is 77.3 cm³/mol. The van der Waals surface area contributed by atoms with Crippen molar-refractivity contribution in [1.82, 2.24) is 10.2 Å². The maximum Gasteiger partial charge on any atom is 0.317 e. The number of carbonyl (C=O) groups excluding carboxylic acids is 1. The van der Waals surface area contributed by atoms with E-state index in [1.807, 2.05) is 0 Å². The van der Waals surface area contributed by atoms with Gasteiger partial charge in [0.2, 0.25) is 0 Å². The maximum atomic E-state index is 12.0. The lowest BCUT2D eigenvalue weighted by molar-refractivity contribution is -0.138. The molecule has 0 saturated carbocycles. The van der Waals surface area contributed by atoms with Crippen LogP contribution in [0.3, 0.4) is 0 Å². The Morgan fingerprint density at radius 2 is 2.15 bits per heavy atom. The van der Waals surface area contributed by atoms with E-state index in [-0.39, 0.29) is 18.4 Å². The summed E-state index contributed by atoms with van der Waals surface area (Å²) in [7, 11) is 0. The highest BCUT2D eigenvalue weighted by atomic mass is 16.4. The van der Waals surface area contributed by atoms with E-state index in [0.29, 0.717) is 31.5 Å². The lowest BCUT2D eigenvalue weighted by atomic mass is 9.94. The van der Waals surface area contributed by atoms with E-state index in [1.165, 1.54) is 0 Å². The van der Waals surface area contributed by atoms with Crippen LogP contribution in [0.1, 0.15) is 33.1 Å². The minimum Gasteiger partial charge on any atom is -0.481 e. The number of nitrogens with two attached hydrogens (primary N) is 1. The topological polar surface area (TPSA) is 95.7 Å². The summed E-state index contributed by atoms with van der Waals surface area (Å²) < 4.78 is 0. The van der Waals surface area contributed by atoms with Crippen LogP contribution in [0.5, 0.6) is 0 Å².